The zero-order valence-corrected chi connectivity index (χ0v) is 6.85. The van der Waals surface area contributed by atoms with Crippen molar-refractivity contribution in [2.45, 2.75) is 0 Å². The highest BCUT2D eigenvalue weighted by atomic mass is 35.5. The minimum absolute atomic E-state index is 0.0620. The molecule has 0 saturated carbocycles. The van der Waals surface area contributed by atoms with Gasteiger partial charge < -0.3 is 4.42 Å². The van der Waals surface area contributed by atoms with Crippen molar-refractivity contribution in [3.63, 3.8) is 0 Å². The van der Waals surface area contributed by atoms with Crippen LogP contribution >= 0.6 is 11.6 Å². The van der Waals surface area contributed by atoms with Crippen molar-refractivity contribution in [3.8, 4) is 11.6 Å². The fourth-order valence-corrected chi connectivity index (χ4v) is 1.10. The molecule has 7 heteroatoms. The van der Waals surface area contributed by atoms with E-state index in [4.69, 9.17) is 16.0 Å². The van der Waals surface area contributed by atoms with Gasteiger partial charge in [0.2, 0.25) is 11.0 Å². The lowest BCUT2D eigenvalue weighted by molar-refractivity contribution is -0.384. The monoisotopic (exact) mass is 199 g/mol. The van der Waals surface area contributed by atoms with Crippen molar-refractivity contribution >= 4 is 17.3 Å². The number of aromatic nitrogens is 2. The minimum Gasteiger partial charge on any atom is -0.444 e. The van der Waals surface area contributed by atoms with Gasteiger partial charge >= 0.3 is 5.69 Å². The molecule has 13 heavy (non-hydrogen) atoms. The Labute approximate surface area is 76.7 Å². The highest BCUT2D eigenvalue weighted by Crippen LogP contribution is 2.29. The smallest absolute Gasteiger partial charge is 0.303 e. The first-order chi connectivity index (χ1) is 6.18. The standard InChI is InChI=1S/C6H2ClN3O3/c7-6-8-4-3(10(11)12)1-2-13-5(4)9-6/h1-2H. The Hall–Kier alpha value is -1.69. The van der Waals surface area contributed by atoms with Crippen LogP contribution in [0.2, 0.25) is 5.28 Å². The van der Waals surface area contributed by atoms with Crippen molar-refractivity contribution in [1.82, 2.24) is 9.97 Å². The highest BCUT2D eigenvalue weighted by molar-refractivity contribution is 6.28. The fraction of sp³-hybridized carbons (Fsp3) is 0. The SMILES string of the molecule is O=[N+]([O-])c1ccoc2nc(Cl)nc1-2. The van der Waals surface area contributed by atoms with Crippen molar-refractivity contribution in [3.05, 3.63) is 27.7 Å². The van der Waals surface area contributed by atoms with Crippen molar-refractivity contribution in [1.29, 1.82) is 0 Å². The lowest BCUT2D eigenvalue weighted by Gasteiger charge is -1.94. The van der Waals surface area contributed by atoms with Crippen LogP contribution in [0.15, 0.2) is 16.7 Å². The van der Waals surface area contributed by atoms with Gasteiger partial charge in [0.05, 0.1) is 11.0 Å². The van der Waals surface area contributed by atoms with E-state index >= 15 is 0 Å². The van der Waals surface area contributed by atoms with Gasteiger partial charge in [-0.2, -0.15) is 4.98 Å². The van der Waals surface area contributed by atoms with E-state index in [9.17, 15) is 10.1 Å². The molecule has 2 rings (SSSR count). The third-order valence-corrected chi connectivity index (χ3v) is 1.61. The van der Waals surface area contributed by atoms with E-state index in [2.05, 4.69) is 9.97 Å². The topological polar surface area (TPSA) is 82.1 Å². The van der Waals surface area contributed by atoms with Gasteiger partial charge in [-0.25, -0.2) is 4.98 Å². The summed E-state index contributed by atoms with van der Waals surface area (Å²) in [6, 6.07) is 1.20. The maximum atomic E-state index is 10.5. The molecule has 0 radical (unpaired) electrons. The molecule has 2 heterocycles. The molecule has 6 nitrogen and oxygen atoms in total. The van der Waals surface area contributed by atoms with Crippen LogP contribution in [0.1, 0.15) is 0 Å². The van der Waals surface area contributed by atoms with E-state index in [1.54, 1.807) is 0 Å². The van der Waals surface area contributed by atoms with E-state index in [0.717, 1.165) is 0 Å². The van der Waals surface area contributed by atoms with Crippen molar-refractivity contribution in [2.24, 2.45) is 0 Å². The molecule has 0 unspecified atom stereocenters. The van der Waals surface area contributed by atoms with Crippen LogP contribution in [0.25, 0.3) is 11.6 Å². The molecule has 0 atom stereocenters. The second kappa shape index (κ2) is 2.67. The molecule has 2 aliphatic rings. The second-order valence-corrected chi connectivity index (χ2v) is 2.55. The maximum absolute atomic E-state index is 10.5. The summed E-state index contributed by atoms with van der Waals surface area (Å²) in [4.78, 5) is 17.2. The lowest BCUT2D eigenvalue weighted by atomic mass is 10.3. The van der Waals surface area contributed by atoms with E-state index in [1.165, 1.54) is 12.3 Å². The number of nitro groups is 1. The molecule has 0 spiro atoms. The molecule has 0 N–H and O–H groups in total. The van der Waals surface area contributed by atoms with Gasteiger partial charge in [0.1, 0.15) is 6.26 Å². The number of nitrogens with zero attached hydrogens (tertiary/aromatic N) is 3. The molecular weight excluding hydrogens is 198 g/mol. The van der Waals surface area contributed by atoms with Gasteiger partial charge in [0.25, 0.3) is 5.89 Å². The first kappa shape index (κ1) is 7.93. The van der Waals surface area contributed by atoms with Gasteiger partial charge in [0, 0.05) is 0 Å². The first-order valence-corrected chi connectivity index (χ1v) is 3.61. The average molecular weight is 200 g/mol. The van der Waals surface area contributed by atoms with Gasteiger partial charge in [-0.15, -0.1) is 0 Å². The number of rotatable bonds is 1. The summed E-state index contributed by atoms with van der Waals surface area (Å²) in [5, 5.41) is 10.4. The minimum atomic E-state index is -0.567. The summed E-state index contributed by atoms with van der Waals surface area (Å²) in [6.45, 7) is 0. The van der Waals surface area contributed by atoms with E-state index < -0.39 is 4.92 Å². The lowest BCUT2D eigenvalue weighted by Crippen LogP contribution is -1.91. The number of fused-ring (bicyclic) bond motifs is 1. The quantitative estimate of drug-likeness (QED) is 0.516. The van der Waals surface area contributed by atoms with E-state index in [1.807, 2.05) is 0 Å². The van der Waals surface area contributed by atoms with Crippen LogP contribution < -0.4 is 0 Å². The summed E-state index contributed by atoms with van der Waals surface area (Å²) in [6.07, 6.45) is 1.17. The highest BCUT2D eigenvalue weighted by Gasteiger charge is 2.23. The van der Waals surface area contributed by atoms with Gasteiger partial charge in [-0.3, -0.25) is 10.1 Å². The summed E-state index contributed by atoms with van der Waals surface area (Å²) < 4.78 is 4.86. The molecule has 0 aromatic carbocycles. The van der Waals surface area contributed by atoms with Crippen LogP contribution in [-0.4, -0.2) is 14.9 Å². The Kier molecular flexibility index (Phi) is 1.63. The van der Waals surface area contributed by atoms with Crippen molar-refractivity contribution < 1.29 is 9.34 Å². The van der Waals surface area contributed by atoms with E-state index in [0.29, 0.717) is 0 Å². The summed E-state index contributed by atoms with van der Waals surface area (Å²) in [5.74, 6) is 0.0687. The van der Waals surface area contributed by atoms with Crippen molar-refractivity contribution in [2.75, 3.05) is 0 Å². The van der Waals surface area contributed by atoms with Crippen LogP contribution in [0, 0.1) is 10.1 Å². The number of halogens is 1. The molecule has 0 aliphatic carbocycles. The Morgan fingerprint density at radius 1 is 1.54 bits per heavy atom. The van der Waals surface area contributed by atoms with Crippen LogP contribution in [0.4, 0.5) is 5.69 Å². The van der Waals surface area contributed by atoms with Gasteiger partial charge in [-0.05, 0) is 11.6 Å². The first-order valence-electron chi connectivity index (χ1n) is 3.23. The normalized spacial score (nSPS) is 10.5. The zero-order valence-electron chi connectivity index (χ0n) is 6.10. The Balaban J connectivity index is 2.72. The molecule has 0 bridgehead atoms. The third kappa shape index (κ3) is 1.20. The average Bonchev–Trinajstić information content (AvgIpc) is 2.43. The molecular formula is C6H2ClN3O3. The Bertz CT molecular complexity index is 441. The molecule has 2 aliphatic heterocycles. The second-order valence-electron chi connectivity index (χ2n) is 2.21. The number of imidazole rings is 1. The van der Waals surface area contributed by atoms with E-state index in [-0.39, 0.29) is 22.6 Å². The molecule has 0 aromatic heterocycles. The van der Waals surface area contributed by atoms with Gasteiger partial charge in [0.15, 0.2) is 0 Å². The molecule has 0 saturated heterocycles. The number of hydrogen-bond donors (Lipinski definition) is 0. The van der Waals surface area contributed by atoms with Crippen LogP contribution in [-0.2, 0) is 0 Å². The molecule has 0 amide bonds. The third-order valence-electron chi connectivity index (χ3n) is 1.45. The fourth-order valence-electron chi connectivity index (χ4n) is 0.940. The van der Waals surface area contributed by atoms with Crippen LogP contribution in [0.3, 0.4) is 0 Å². The predicted molar refractivity (Wildman–Crippen MR) is 42.6 cm³/mol. The molecule has 66 valence electrons. The zero-order chi connectivity index (χ0) is 9.42. The maximum Gasteiger partial charge on any atom is 0.303 e. The number of hydrogen-bond acceptors (Lipinski definition) is 5. The van der Waals surface area contributed by atoms with Gasteiger partial charge in [-0.1, -0.05) is 0 Å². The predicted octanol–water partition coefficient (Wildman–Crippen LogP) is 1.74. The summed E-state index contributed by atoms with van der Waals surface area (Å²) >= 11 is 5.45. The Morgan fingerprint density at radius 3 is 3.00 bits per heavy atom. The van der Waals surface area contributed by atoms with Crippen LogP contribution in [0.5, 0.6) is 0 Å². The molecule has 0 fully saturated rings. The molecule has 0 aromatic rings. The largest absolute Gasteiger partial charge is 0.444 e. The Morgan fingerprint density at radius 2 is 2.31 bits per heavy atom. The summed E-state index contributed by atoms with van der Waals surface area (Å²) in [5.41, 5.74) is -0.0989. The summed E-state index contributed by atoms with van der Waals surface area (Å²) in [7, 11) is 0.